The molecule has 2 aromatic carbocycles. The van der Waals surface area contributed by atoms with Crippen molar-refractivity contribution in [2.45, 2.75) is 58.3 Å². The van der Waals surface area contributed by atoms with Gasteiger partial charge in [-0.3, -0.25) is 0 Å². The van der Waals surface area contributed by atoms with E-state index >= 15 is 0 Å². The summed E-state index contributed by atoms with van der Waals surface area (Å²) in [5.41, 5.74) is 1.39. The Bertz CT molecular complexity index is 824. The molecule has 2 unspecified atom stereocenters. The fourth-order valence-electron chi connectivity index (χ4n) is 5.29. The number of fused-ring (bicyclic) bond motifs is 2. The quantitative estimate of drug-likeness (QED) is 0.518. The Hall–Kier alpha value is -1.83. The molecular formula is C25H31FO. The Morgan fingerprint density at radius 2 is 1.81 bits per heavy atom. The molecule has 2 saturated carbocycles. The third-order valence-electron chi connectivity index (χ3n) is 6.83. The van der Waals surface area contributed by atoms with E-state index in [9.17, 15) is 4.39 Å². The monoisotopic (exact) mass is 366 g/mol. The zero-order valence-corrected chi connectivity index (χ0v) is 16.6. The average molecular weight is 367 g/mol. The van der Waals surface area contributed by atoms with Gasteiger partial charge in [-0.25, -0.2) is 4.39 Å². The standard InChI is InChI=1S/C25H31FO/c1-3-4-11-27-25-16-22-10-9-21(14-23(22)15-24(25)26)20-8-7-18-12-17(2)5-6-19(18)13-20/h3-4,9-10,14-20H,5-8,11-13H2,1-2H3/b4-3+/t17?,18-,19?,20-/m1/s1. The van der Waals surface area contributed by atoms with E-state index < -0.39 is 0 Å². The summed E-state index contributed by atoms with van der Waals surface area (Å²) in [7, 11) is 0. The summed E-state index contributed by atoms with van der Waals surface area (Å²) in [6.07, 6.45) is 12.0. The first-order valence-corrected chi connectivity index (χ1v) is 10.6. The Balaban J connectivity index is 1.52. The maximum Gasteiger partial charge on any atom is 0.165 e. The summed E-state index contributed by atoms with van der Waals surface area (Å²) < 4.78 is 20.0. The zero-order chi connectivity index (χ0) is 18.8. The summed E-state index contributed by atoms with van der Waals surface area (Å²) in [4.78, 5) is 0. The minimum absolute atomic E-state index is 0.269. The van der Waals surface area contributed by atoms with Crippen molar-refractivity contribution in [3.63, 3.8) is 0 Å². The normalized spacial score (nSPS) is 28.4. The second-order valence-corrected chi connectivity index (χ2v) is 8.72. The predicted molar refractivity (Wildman–Crippen MR) is 111 cm³/mol. The number of allylic oxidation sites excluding steroid dienone is 1. The van der Waals surface area contributed by atoms with Crippen molar-refractivity contribution < 1.29 is 9.13 Å². The van der Waals surface area contributed by atoms with Crippen LogP contribution in [0.3, 0.4) is 0 Å². The Kier molecular flexibility index (Phi) is 5.52. The van der Waals surface area contributed by atoms with Crippen molar-refractivity contribution in [3.05, 3.63) is 53.9 Å². The topological polar surface area (TPSA) is 9.23 Å². The predicted octanol–water partition coefficient (Wildman–Crippen LogP) is 7.25. The van der Waals surface area contributed by atoms with E-state index in [2.05, 4.69) is 25.1 Å². The lowest BCUT2D eigenvalue weighted by molar-refractivity contribution is 0.124. The van der Waals surface area contributed by atoms with E-state index in [0.29, 0.717) is 18.3 Å². The third kappa shape index (κ3) is 4.05. The van der Waals surface area contributed by atoms with Crippen LogP contribution in [0.15, 0.2) is 42.5 Å². The first-order valence-electron chi connectivity index (χ1n) is 10.6. The fourth-order valence-corrected chi connectivity index (χ4v) is 5.29. The highest BCUT2D eigenvalue weighted by atomic mass is 19.1. The van der Waals surface area contributed by atoms with Gasteiger partial charge in [0.25, 0.3) is 0 Å². The van der Waals surface area contributed by atoms with Crippen LogP contribution < -0.4 is 4.74 Å². The number of halogens is 1. The maximum absolute atomic E-state index is 14.4. The van der Waals surface area contributed by atoms with Gasteiger partial charge in [-0.2, -0.15) is 0 Å². The number of rotatable bonds is 4. The van der Waals surface area contributed by atoms with Crippen LogP contribution in [-0.2, 0) is 0 Å². The molecule has 1 nitrogen and oxygen atoms in total. The van der Waals surface area contributed by atoms with Gasteiger partial charge in [-0.05, 0) is 91.2 Å². The second kappa shape index (κ2) is 8.04. The largest absolute Gasteiger partial charge is 0.486 e. The van der Waals surface area contributed by atoms with E-state index in [1.54, 1.807) is 6.07 Å². The third-order valence-corrected chi connectivity index (χ3v) is 6.83. The van der Waals surface area contributed by atoms with E-state index in [0.717, 1.165) is 28.5 Å². The van der Waals surface area contributed by atoms with Crippen molar-refractivity contribution in [2.24, 2.45) is 17.8 Å². The lowest BCUT2D eigenvalue weighted by Crippen LogP contribution is -2.29. The molecule has 0 aliphatic heterocycles. The van der Waals surface area contributed by atoms with Crippen LogP contribution in [0.4, 0.5) is 4.39 Å². The summed E-state index contributed by atoms with van der Waals surface area (Å²) in [5.74, 6) is 3.46. The molecule has 0 radical (unpaired) electrons. The molecule has 2 heteroatoms. The van der Waals surface area contributed by atoms with Gasteiger partial charge in [0.05, 0.1) is 0 Å². The molecule has 27 heavy (non-hydrogen) atoms. The van der Waals surface area contributed by atoms with Gasteiger partial charge in [0.15, 0.2) is 11.6 Å². The van der Waals surface area contributed by atoms with Crippen LogP contribution in [0.2, 0.25) is 0 Å². The lowest BCUT2D eigenvalue weighted by Gasteiger charge is -2.41. The molecule has 0 amide bonds. The van der Waals surface area contributed by atoms with Gasteiger partial charge in [-0.1, -0.05) is 43.7 Å². The molecule has 4 rings (SSSR count). The molecule has 0 bridgehead atoms. The van der Waals surface area contributed by atoms with E-state index in [-0.39, 0.29) is 5.82 Å². The van der Waals surface area contributed by atoms with Crippen molar-refractivity contribution in [1.29, 1.82) is 0 Å². The molecule has 144 valence electrons. The van der Waals surface area contributed by atoms with Gasteiger partial charge >= 0.3 is 0 Å². The van der Waals surface area contributed by atoms with Gasteiger partial charge in [-0.15, -0.1) is 0 Å². The first-order chi connectivity index (χ1) is 13.1. The lowest BCUT2D eigenvalue weighted by atomic mass is 9.64. The van der Waals surface area contributed by atoms with Crippen LogP contribution >= 0.6 is 0 Å². The number of benzene rings is 2. The molecule has 2 fully saturated rings. The van der Waals surface area contributed by atoms with Crippen molar-refractivity contribution in [1.82, 2.24) is 0 Å². The maximum atomic E-state index is 14.4. The summed E-state index contributed by atoms with van der Waals surface area (Å²) in [5, 5.41) is 2.04. The molecule has 2 aliphatic carbocycles. The van der Waals surface area contributed by atoms with Gasteiger partial charge in [0, 0.05) is 0 Å². The van der Waals surface area contributed by atoms with Crippen LogP contribution in [-0.4, -0.2) is 6.61 Å². The Labute approximate surface area is 162 Å². The highest BCUT2D eigenvalue weighted by Gasteiger charge is 2.34. The second-order valence-electron chi connectivity index (χ2n) is 8.72. The molecule has 0 aromatic heterocycles. The van der Waals surface area contributed by atoms with Gasteiger partial charge in [0.2, 0.25) is 0 Å². The fraction of sp³-hybridized carbons (Fsp3) is 0.520. The Morgan fingerprint density at radius 1 is 1.00 bits per heavy atom. The average Bonchev–Trinajstić information content (AvgIpc) is 2.67. The summed E-state index contributed by atoms with van der Waals surface area (Å²) in [6, 6.07) is 10.1. The van der Waals surface area contributed by atoms with Crippen molar-refractivity contribution in [3.8, 4) is 5.75 Å². The molecule has 2 aromatic rings. The molecule has 0 N–H and O–H groups in total. The van der Waals surface area contributed by atoms with Crippen LogP contribution in [0, 0.1) is 23.6 Å². The first kappa shape index (κ1) is 18.5. The summed E-state index contributed by atoms with van der Waals surface area (Å²) in [6.45, 7) is 4.75. The van der Waals surface area contributed by atoms with E-state index in [1.807, 2.05) is 25.1 Å². The summed E-state index contributed by atoms with van der Waals surface area (Å²) >= 11 is 0. The van der Waals surface area contributed by atoms with E-state index in [1.165, 1.54) is 44.1 Å². The van der Waals surface area contributed by atoms with Crippen LogP contribution in [0.5, 0.6) is 5.75 Å². The molecule has 0 heterocycles. The minimum Gasteiger partial charge on any atom is -0.486 e. The highest BCUT2D eigenvalue weighted by molar-refractivity contribution is 5.84. The van der Waals surface area contributed by atoms with E-state index in [4.69, 9.17) is 4.74 Å². The molecule has 0 saturated heterocycles. The van der Waals surface area contributed by atoms with Gasteiger partial charge < -0.3 is 4.74 Å². The molecule has 0 spiro atoms. The molecule has 2 aliphatic rings. The van der Waals surface area contributed by atoms with Crippen LogP contribution in [0.25, 0.3) is 10.8 Å². The SMILES string of the molecule is C/C=C/COc1cc2ccc([C@@H]3CC[C@@H]4CC(C)CCC4C3)cc2cc1F. The minimum atomic E-state index is -0.269. The molecular weight excluding hydrogens is 335 g/mol. The van der Waals surface area contributed by atoms with Crippen molar-refractivity contribution >= 4 is 10.8 Å². The molecule has 4 atom stereocenters. The number of hydrogen-bond acceptors (Lipinski definition) is 1. The smallest absolute Gasteiger partial charge is 0.165 e. The van der Waals surface area contributed by atoms with Crippen LogP contribution in [0.1, 0.15) is 63.9 Å². The Morgan fingerprint density at radius 3 is 2.67 bits per heavy atom. The van der Waals surface area contributed by atoms with Crippen molar-refractivity contribution in [2.75, 3.05) is 6.61 Å². The van der Waals surface area contributed by atoms with Gasteiger partial charge in [0.1, 0.15) is 6.61 Å². The zero-order valence-electron chi connectivity index (χ0n) is 16.6. The highest BCUT2D eigenvalue weighted by Crippen LogP contribution is 2.47. The number of ether oxygens (including phenoxy) is 1. The number of hydrogen-bond donors (Lipinski definition) is 0.